The van der Waals surface area contributed by atoms with Crippen molar-refractivity contribution in [2.75, 3.05) is 37.6 Å². The number of halogens is 1. The molecule has 1 heterocycles. The minimum absolute atomic E-state index is 1.14. The lowest BCUT2D eigenvalue weighted by atomic mass is 10.1. The van der Waals surface area contributed by atoms with E-state index in [0.29, 0.717) is 0 Å². The van der Waals surface area contributed by atoms with Crippen molar-refractivity contribution in [3.8, 4) is 0 Å². The molecule has 0 aromatic heterocycles. The van der Waals surface area contributed by atoms with Crippen LogP contribution >= 0.6 is 15.9 Å². The van der Waals surface area contributed by atoms with Gasteiger partial charge in [-0.2, -0.15) is 0 Å². The second-order valence-electron chi connectivity index (χ2n) is 4.31. The minimum atomic E-state index is 1.14. The molecule has 88 valence electrons. The highest BCUT2D eigenvalue weighted by Gasteiger charge is 2.17. The normalized spacial score (nSPS) is 17.8. The van der Waals surface area contributed by atoms with Crippen LogP contribution in [0.4, 0.5) is 5.69 Å². The molecule has 3 heteroatoms. The van der Waals surface area contributed by atoms with E-state index < -0.39 is 0 Å². The fourth-order valence-corrected chi connectivity index (χ4v) is 2.60. The van der Waals surface area contributed by atoms with Gasteiger partial charge in [-0.1, -0.05) is 28.9 Å². The van der Waals surface area contributed by atoms with Gasteiger partial charge in [-0.05, 0) is 31.2 Å². The van der Waals surface area contributed by atoms with E-state index in [0.717, 1.165) is 13.1 Å². The number of anilines is 1. The zero-order chi connectivity index (χ0) is 11.5. The number of benzene rings is 1. The topological polar surface area (TPSA) is 6.48 Å². The fraction of sp³-hybridized carbons (Fsp3) is 0.538. The van der Waals surface area contributed by atoms with Gasteiger partial charge in [-0.3, -0.25) is 0 Å². The molecule has 2 nitrogen and oxygen atoms in total. The van der Waals surface area contributed by atoms with Crippen LogP contribution in [0.25, 0.3) is 0 Å². The van der Waals surface area contributed by atoms with Crippen molar-refractivity contribution in [3.05, 3.63) is 28.2 Å². The van der Waals surface area contributed by atoms with Crippen LogP contribution in [0.2, 0.25) is 0 Å². The molecule has 0 amide bonds. The van der Waals surface area contributed by atoms with E-state index in [1.165, 1.54) is 35.4 Å². The largest absolute Gasteiger partial charge is 0.369 e. The maximum Gasteiger partial charge on any atom is 0.0408 e. The summed E-state index contributed by atoms with van der Waals surface area (Å²) in [5.41, 5.74) is 2.73. The van der Waals surface area contributed by atoms with Gasteiger partial charge in [-0.15, -0.1) is 0 Å². The van der Waals surface area contributed by atoms with Gasteiger partial charge in [0.2, 0.25) is 0 Å². The van der Waals surface area contributed by atoms with Crippen LogP contribution in [0, 0.1) is 6.92 Å². The Hall–Kier alpha value is -0.540. The highest BCUT2D eigenvalue weighted by molar-refractivity contribution is 9.10. The van der Waals surface area contributed by atoms with Crippen LogP contribution in [0.1, 0.15) is 12.5 Å². The summed E-state index contributed by atoms with van der Waals surface area (Å²) >= 11 is 3.60. The van der Waals surface area contributed by atoms with Gasteiger partial charge < -0.3 is 9.80 Å². The number of likely N-dealkylation sites (N-methyl/N-ethyl adjacent to an activating group) is 1. The summed E-state index contributed by atoms with van der Waals surface area (Å²) in [6.07, 6.45) is 0. The van der Waals surface area contributed by atoms with E-state index >= 15 is 0 Å². The average Bonchev–Trinajstić information content (AvgIpc) is 2.33. The summed E-state index contributed by atoms with van der Waals surface area (Å²) in [6.45, 7) is 10.2. The van der Waals surface area contributed by atoms with Crippen molar-refractivity contribution in [1.29, 1.82) is 0 Å². The third-order valence-electron chi connectivity index (χ3n) is 3.40. The van der Waals surface area contributed by atoms with E-state index in [9.17, 15) is 0 Å². The lowest BCUT2D eigenvalue weighted by Crippen LogP contribution is -2.46. The van der Waals surface area contributed by atoms with Crippen LogP contribution in [-0.4, -0.2) is 37.6 Å². The Bertz CT molecular complexity index is 357. The predicted molar refractivity (Wildman–Crippen MR) is 73.2 cm³/mol. The van der Waals surface area contributed by atoms with Crippen LogP contribution in [0.15, 0.2) is 22.7 Å². The van der Waals surface area contributed by atoms with Crippen molar-refractivity contribution in [2.45, 2.75) is 13.8 Å². The maximum absolute atomic E-state index is 3.60. The SMILES string of the molecule is CCN1CCN(c2cccc(Br)c2C)CC1. The Balaban J connectivity index is 2.11. The van der Waals surface area contributed by atoms with Crippen LogP contribution < -0.4 is 4.90 Å². The Kier molecular flexibility index (Phi) is 3.87. The minimum Gasteiger partial charge on any atom is -0.369 e. The van der Waals surface area contributed by atoms with Crippen molar-refractivity contribution < 1.29 is 0 Å². The zero-order valence-electron chi connectivity index (χ0n) is 10.0. The quantitative estimate of drug-likeness (QED) is 0.823. The summed E-state index contributed by atoms with van der Waals surface area (Å²) in [4.78, 5) is 5.00. The van der Waals surface area contributed by atoms with E-state index in [1.807, 2.05) is 0 Å². The van der Waals surface area contributed by atoms with E-state index in [-0.39, 0.29) is 0 Å². The Morgan fingerprint density at radius 2 is 1.88 bits per heavy atom. The molecule has 1 fully saturated rings. The van der Waals surface area contributed by atoms with Gasteiger partial charge in [0.25, 0.3) is 0 Å². The van der Waals surface area contributed by atoms with E-state index in [4.69, 9.17) is 0 Å². The van der Waals surface area contributed by atoms with Crippen LogP contribution in [-0.2, 0) is 0 Å². The smallest absolute Gasteiger partial charge is 0.0408 e. The number of nitrogens with zero attached hydrogens (tertiary/aromatic N) is 2. The third-order valence-corrected chi connectivity index (χ3v) is 4.26. The molecule has 16 heavy (non-hydrogen) atoms. The van der Waals surface area contributed by atoms with Gasteiger partial charge in [-0.25, -0.2) is 0 Å². The Labute approximate surface area is 106 Å². The number of rotatable bonds is 2. The van der Waals surface area contributed by atoms with Gasteiger partial charge >= 0.3 is 0 Å². The first-order valence-electron chi connectivity index (χ1n) is 5.94. The molecule has 1 aliphatic rings. The van der Waals surface area contributed by atoms with Crippen molar-refractivity contribution in [3.63, 3.8) is 0 Å². The first kappa shape index (κ1) is 11.9. The van der Waals surface area contributed by atoms with Gasteiger partial charge in [0.05, 0.1) is 0 Å². The second kappa shape index (κ2) is 5.19. The Morgan fingerprint density at radius 3 is 2.50 bits per heavy atom. The highest BCUT2D eigenvalue weighted by Crippen LogP contribution is 2.27. The molecule has 0 atom stereocenters. The van der Waals surface area contributed by atoms with Gasteiger partial charge in [0.1, 0.15) is 0 Å². The molecule has 1 aromatic rings. The molecule has 0 saturated carbocycles. The first-order chi connectivity index (χ1) is 7.72. The molecule has 0 aliphatic carbocycles. The number of piperazine rings is 1. The maximum atomic E-state index is 3.60. The van der Waals surface area contributed by atoms with Crippen molar-refractivity contribution in [1.82, 2.24) is 4.90 Å². The van der Waals surface area contributed by atoms with Crippen LogP contribution in [0.5, 0.6) is 0 Å². The van der Waals surface area contributed by atoms with Crippen LogP contribution in [0.3, 0.4) is 0 Å². The van der Waals surface area contributed by atoms with Gasteiger partial charge in [0.15, 0.2) is 0 Å². The summed E-state index contributed by atoms with van der Waals surface area (Å²) in [5.74, 6) is 0. The number of hydrogen-bond donors (Lipinski definition) is 0. The molecule has 0 N–H and O–H groups in total. The molecule has 0 unspecified atom stereocenters. The summed E-state index contributed by atoms with van der Waals surface area (Å²) < 4.78 is 1.21. The molecule has 0 bridgehead atoms. The summed E-state index contributed by atoms with van der Waals surface area (Å²) in [5, 5.41) is 0. The third kappa shape index (κ3) is 2.41. The van der Waals surface area contributed by atoms with Crippen molar-refractivity contribution in [2.24, 2.45) is 0 Å². The molecule has 1 saturated heterocycles. The lowest BCUT2D eigenvalue weighted by Gasteiger charge is -2.36. The summed E-state index contributed by atoms with van der Waals surface area (Å²) in [6, 6.07) is 6.46. The first-order valence-corrected chi connectivity index (χ1v) is 6.74. The molecule has 1 aliphatic heterocycles. The molecule has 0 spiro atoms. The molecular formula is C13H19BrN2. The highest BCUT2D eigenvalue weighted by atomic mass is 79.9. The Morgan fingerprint density at radius 1 is 1.19 bits per heavy atom. The summed E-state index contributed by atoms with van der Waals surface area (Å²) in [7, 11) is 0. The van der Waals surface area contributed by atoms with E-state index in [2.05, 4.69) is 57.8 Å². The predicted octanol–water partition coefficient (Wildman–Crippen LogP) is 2.90. The molecule has 0 radical (unpaired) electrons. The zero-order valence-corrected chi connectivity index (χ0v) is 11.6. The standard InChI is InChI=1S/C13H19BrN2/c1-3-15-7-9-16(10-8-15)13-6-4-5-12(14)11(13)2/h4-6H,3,7-10H2,1-2H3. The van der Waals surface area contributed by atoms with Gasteiger partial charge in [0, 0.05) is 36.3 Å². The fourth-order valence-electron chi connectivity index (χ4n) is 2.24. The second-order valence-corrected chi connectivity index (χ2v) is 5.16. The molecule has 2 rings (SSSR count). The molecular weight excluding hydrogens is 264 g/mol. The lowest BCUT2D eigenvalue weighted by molar-refractivity contribution is 0.271. The molecule has 1 aromatic carbocycles. The number of hydrogen-bond acceptors (Lipinski definition) is 2. The van der Waals surface area contributed by atoms with E-state index in [1.54, 1.807) is 0 Å². The van der Waals surface area contributed by atoms with Crippen molar-refractivity contribution >= 4 is 21.6 Å². The monoisotopic (exact) mass is 282 g/mol. The average molecular weight is 283 g/mol.